The van der Waals surface area contributed by atoms with Gasteiger partial charge < -0.3 is 9.47 Å². The lowest BCUT2D eigenvalue weighted by Gasteiger charge is -2.06. The number of aromatic nitrogens is 2. The van der Waals surface area contributed by atoms with Gasteiger partial charge in [-0.1, -0.05) is 25.4 Å². The second kappa shape index (κ2) is 8.57. The first kappa shape index (κ1) is 18.2. The second-order valence-electron chi connectivity index (χ2n) is 5.16. The Kier molecular flexibility index (Phi) is 7.09. The molecule has 0 saturated carbocycles. The Labute approximate surface area is 135 Å². The molecule has 6 nitrogen and oxygen atoms in total. The molecular weight excluding hydrogens is 306 g/mol. The SMILES string of the molecule is COCCOC(=O)/C(C#N)=C/c1c(C)nn(CC(C)C)c1Cl. The molecule has 0 aromatic carbocycles. The summed E-state index contributed by atoms with van der Waals surface area (Å²) in [4.78, 5) is 11.8. The van der Waals surface area contributed by atoms with E-state index in [1.807, 2.05) is 6.07 Å². The number of carbonyl (C=O) groups is 1. The smallest absolute Gasteiger partial charge is 0.348 e. The molecule has 0 fully saturated rings. The Morgan fingerprint density at radius 2 is 2.18 bits per heavy atom. The number of methoxy groups -OCH3 is 1. The van der Waals surface area contributed by atoms with Gasteiger partial charge in [-0.15, -0.1) is 0 Å². The molecule has 22 heavy (non-hydrogen) atoms. The number of nitriles is 1. The van der Waals surface area contributed by atoms with Crippen molar-refractivity contribution in [1.82, 2.24) is 9.78 Å². The first-order chi connectivity index (χ1) is 10.4. The number of nitrogens with zero attached hydrogens (tertiary/aromatic N) is 3. The topological polar surface area (TPSA) is 77.1 Å². The van der Waals surface area contributed by atoms with E-state index in [4.69, 9.17) is 26.3 Å². The summed E-state index contributed by atoms with van der Waals surface area (Å²) in [6, 6.07) is 1.83. The van der Waals surface area contributed by atoms with Gasteiger partial charge in [0.15, 0.2) is 0 Å². The molecule has 1 heterocycles. The van der Waals surface area contributed by atoms with Crippen molar-refractivity contribution in [2.45, 2.75) is 27.3 Å². The first-order valence-corrected chi connectivity index (χ1v) is 7.29. The number of halogens is 1. The van der Waals surface area contributed by atoms with Crippen LogP contribution in [0.4, 0.5) is 0 Å². The molecular formula is C15H20ClN3O3. The predicted octanol–water partition coefficient (Wildman–Crippen LogP) is 2.60. The van der Waals surface area contributed by atoms with E-state index in [0.717, 1.165) is 0 Å². The summed E-state index contributed by atoms with van der Waals surface area (Å²) in [5, 5.41) is 13.9. The van der Waals surface area contributed by atoms with E-state index in [0.29, 0.717) is 28.9 Å². The standard InChI is InChI=1S/C15H20ClN3O3/c1-10(2)9-19-14(16)13(11(3)18-19)7-12(8-17)15(20)22-6-5-21-4/h7,10H,5-6,9H2,1-4H3/b12-7+. The largest absolute Gasteiger partial charge is 0.459 e. The van der Waals surface area contributed by atoms with Crippen molar-refractivity contribution in [1.29, 1.82) is 5.26 Å². The second-order valence-corrected chi connectivity index (χ2v) is 5.52. The summed E-state index contributed by atoms with van der Waals surface area (Å²) in [5.41, 5.74) is 1.09. The fraction of sp³-hybridized carbons (Fsp3) is 0.533. The van der Waals surface area contributed by atoms with Gasteiger partial charge in [0.25, 0.3) is 0 Å². The zero-order valence-corrected chi connectivity index (χ0v) is 14.0. The van der Waals surface area contributed by atoms with Gasteiger partial charge in [0.2, 0.25) is 0 Å². The van der Waals surface area contributed by atoms with Crippen LogP contribution in [0.15, 0.2) is 5.57 Å². The van der Waals surface area contributed by atoms with Gasteiger partial charge in [-0.05, 0) is 18.9 Å². The van der Waals surface area contributed by atoms with Crippen LogP contribution in [0, 0.1) is 24.2 Å². The van der Waals surface area contributed by atoms with E-state index in [2.05, 4.69) is 18.9 Å². The molecule has 0 N–H and O–H groups in total. The lowest BCUT2D eigenvalue weighted by atomic mass is 10.1. The number of ether oxygens (including phenoxy) is 2. The van der Waals surface area contributed by atoms with Crippen molar-refractivity contribution < 1.29 is 14.3 Å². The van der Waals surface area contributed by atoms with Crippen molar-refractivity contribution >= 4 is 23.6 Å². The van der Waals surface area contributed by atoms with Crippen LogP contribution in [0.25, 0.3) is 6.08 Å². The Morgan fingerprint density at radius 3 is 2.73 bits per heavy atom. The van der Waals surface area contributed by atoms with Crippen LogP contribution in [0.2, 0.25) is 5.15 Å². The molecule has 0 aliphatic heterocycles. The van der Waals surface area contributed by atoms with Crippen LogP contribution in [-0.4, -0.2) is 36.1 Å². The molecule has 0 atom stereocenters. The van der Waals surface area contributed by atoms with Crippen LogP contribution in [0.3, 0.4) is 0 Å². The molecule has 0 aliphatic carbocycles. The molecule has 0 bridgehead atoms. The molecule has 0 unspecified atom stereocenters. The minimum absolute atomic E-state index is 0.0910. The summed E-state index contributed by atoms with van der Waals surface area (Å²) >= 11 is 6.28. The van der Waals surface area contributed by atoms with Gasteiger partial charge in [-0.3, -0.25) is 4.68 Å². The van der Waals surface area contributed by atoms with Gasteiger partial charge in [0.1, 0.15) is 23.4 Å². The normalized spacial score (nSPS) is 11.6. The first-order valence-electron chi connectivity index (χ1n) is 6.91. The average Bonchev–Trinajstić information content (AvgIpc) is 2.70. The Balaban J connectivity index is 3.01. The Morgan fingerprint density at radius 1 is 1.50 bits per heavy atom. The van der Waals surface area contributed by atoms with E-state index in [1.54, 1.807) is 11.6 Å². The number of hydrogen-bond donors (Lipinski definition) is 0. The van der Waals surface area contributed by atoms with E-state index >= 15 is 0 Å². The minimum Gasteiger partial charge on any atom is -0.459 e. The van der Waals surface area contributed by atoms with Crippen LogP contribution in [0.1, 0.15) is 25.1 Å². The molecule has 0 saturated heterocycles. The Hall–Kier alpha value is -1.84. The predicted molar refractivity (Wildman–Crippen MR) is 83.2 cm³/mol. The summed E-state index contributed by atoms with van der Waals surface area (Å²) in [5.74, 6) is -0.324. The highest BCUT2D eigenvalue weighted by Gasteiger charge is 2.17. The molecule has 0 spiro atoms. The van der Waals surface area contributed by atoms with Crippen molar-refractivity contribution in [3.05, 3.63) is 22.0 Å². The third-order valence-electron chi connectivity index (χ3n) is 2.80. The highest BCUT2D eigenvalue weighted by molar-refractivity contribution is 6.31. The molecule has 0 radical (unpaired) electrons. The lowest BCUT2D eigenvalue weighted by Crippen LogP contribution is -2.11. The maximum atomic E-state index is 11.8. The van der Waals surface area contributed by atoms with Gasteiger partial charge in [-0.2, -0.15) is 10.4 Å². The highest BCUT2D eigenvalue weighted by atomic mass is 35.5. The van der Waals surface area contributed by atoms with Crippen LogP contribution in [0.5, 0.6) is 0 Å². The van der Waals surface area contributed by atoms with Gasteiger partial charge in [-0.25, -0.2) is 4.79 Å². The highest BCUT2D eigenvalue weighted by Crippen LogP contribution is 2.23. The quantitative estimate of drug-likeness (QED) is 0.333. The summed E-state index contributed by atoms with van der Waals surface area (Å²) in [6.07, 6.45) is 1.41. The number of hydrogen-bond acceptors (Lipinski definition) is 5. The van der Waals surface area contributed by atoms with Crippen LogP contribution >= 0.6 is 11.6 Å². The maximum Gasteiger partial charge on any atom is 0.348 e. The molecule has 1 aromatic rings. The zero-order valence-electron chi connectivity index (χ0n) is 13.2. The molecule has 0 aliphatic rings. The van der Waals surface area contributed by atoms with Crippen molar-refractivity contribution in [3.63, 3.8) is 0 Å². The van der Waals surface area contributed by atoms with E-state index in [-0.39, 0.29) is 18.8 Å². The Bertz CT molecular complexity index is 600. The molecule has 7 heteroatoms. The van der Waals surface area contributed by atoms with E-state index < -0.39 is 5.97 Å². The minimum atomic E-state index is -0.702. The van der Waals surface area contributed by atoms with Crippen LogP contribution in [-0.2, 0) is 20.8 Å². The molecule has 1 aromatic heterocycles. The van der Waals surface area contributed by atoms with E-state index in [1.165, 1.54) is 13.2 Å². The fourth-order valence-electron chi connectivity index (χ4n) is 1.77. The van der Waals surface area contributed by atoms with E-state index in [9.17, 15) is 4.79 Å². The third-order valence-corrected chi connectivity index (χ3v) is 3.20. The van der Waals surface area contributed by atoms with Crippen molar-refractivity contribution in [2.75, 3.05) is 20.3 Å². The number of carbonyl (C=O) groups excluding carboxylic acids is 1. The summed E-state index contributed by atoms with van der Waals surface area (Å²) in [7, 11) is 1.50. The third kappa shape index (κ3) is 4.86. The number of esters is 1. The molecule has 0 amide bonds. The molecule has 1 rings (SSSR count). The summed E-state index contributed by atoms with van der Waals surface area (Å²) < 4.78 is 11.4. The van der Waals surface area contributed by atoms with Gasteiger partial charge >= 0.3 is 5.97 Å². The van der Waals surface area contributed by atoms with Gasteiger partial charge in [0.05, 0.1) is 12.3 Å². The van der Waals surface area contributed by atoms with Gasteiger partial charge in [0, 0.05) is 19.2 Å². The number of rotatable bonds is 7. The lowest BCUT2D eigenvalue weighted by molar-refractivity contribution is -0.139. The van der Waals surface area contributed by atoms with Crippen molar-refractivity contribution in [2.24, 2.45) is 5.92 Å². The zero-order chi connectivity index (χ0) is 16.7. The number of aryl methyl sites for hydroxylation is 1. The summed E-state index contributed by atoms with van der Waals surface area (Å²) in [6.45, 7) is 6.91. The monoisotopic (exact) mass is 325 g/mol. The maximum absolute atomic E-state index is 11.8. The van der Waals surface area contributed by atoms with Crippen molar-refractivity contribution in [3.8, 4) is 6.07 Å². The van der Waals surface area contributed by atoms with Crippen LogP contribution < -0.4 is 0 Å². The average molecular weight is 326 g/mol. The molecule has 120 valence electrons. The fourth-order valence-corrected chi connectivity index (χ4v) is 2.07.